The van der Waals surface area contributed by atoms with Crippen LogP contribution < -0.4 is 10.6 Å². The minimum atomic E-state index is -0.324. The standard InChI is InChI=1S/C22H33FN4O2/c1-16-5-3-4-6-20(16)25-22(29)17(2)27-13-11-26(12-14-27)15-21(28)24-19-9-7-18(23)8-10-19/h7-10,16-17,20H,3-6,11-15H2,1-2H3,(H,24,28)(H,25,29)/t16-,17+,20-/m0/s1. The van der Waals surface area contributed by atoms with Gasteiger partial charge < -0.3 is 10.6 Å². The molecular weight excluding hydrogens is 371 g/mol. The Morgan fingerprint density at radius 1 is 1.10 bits per heavy atom. The van der Waals surface area contributed by atoms with Crippen LogP contribution in [-0.2, 0) is 9.59 Å². The fourth-order valence-corrected chi connectivity index (χ4v) is 4.25. The number of hydrogen-bond acceptors (Lipinski definition) is 4. The zero-order valence-corrected chi connectivity index (χ0v) is 17.5. The summed E-state index contributed by atoms with van der Waals surface area (Å²) in [6, 6.07) is 5.91. The molecule has 3 rings (SSSR count). The molecule has 1 aliphatic heterocycles. The molecule has 1 saturated carbocycles. The van der Waals surface area contributed by atoms with Crippen LogP contribution in [0.2, 0.25) is 0 Å². The summed E-state index contributed by atoms with van der Waals surface area (Å²) >= 11 is 0. The molecule has 2 aliphatic rings. The number of halogens is 1. The maximum absolute atomic E-state index is 13.0. The number of rotatable bonds is 6. The molecule has 0 unspecified atom stereocenters. The number of amides is 2. The molecular formula is C22H33FN4O2. The van der Waals surface area contributed by atoms with Crippen molar-refractivity contribution in [1.82, 2.24) is 15.1 Å². The minimum absolute atomic E-state index is 0.109. The molecule has 1 aromatic carbocycles. The van der Waals surface area contributed by atoms with Gasteiger partial charge in [0, 0.05) is 37.9 Å². The lowest BCUT2D eigenvalue weighted by Crippen LogP contribution is -2.56. The van der Waals surface area contributed by atoms with Crippen LogP contribution in [0.25, 0.3) is 0 Å². The summed E-state index contributed by atoms with van der Waals surface area (Å²) in [5.41, 5.74) is 0.595. The zero-order chi connectivity index (χ0) is 20.8. The van der Waals surface area contributed by atoms with E-state index in [1.165, 1.54) is 31.4 Å². The van der Waals surface area contributed by atoms with Gasteiger partial charge >= 0.3 is 0 Å². The van der Waals surface area contributed by atoms with Crippen molar-refractivity contribution in [2.45, 2.75) is 51.6 Å². The van der Waals surface area contributed by atoms with E-state index in [1.807, 2.05) is 6.92 Å². The molecule has 29 heavy (non-hydrogen) atoms. The van der Waals surface area contributed by atoms with Crippen LogP contribution in [-0.4, -0.2) is 66.4 Å². The SMILES string of the molecule is C[C@H](C(=O)N[C@H]1CCCC[C@@H]1C)N1CCN(CC(=O)Nc2ccc(F)cc2)CC1. The maximum atomic E-state index is 13.0. The third-order valence-electron chi connectivity index (χ3n) is 6.27. The highest BCUT2D eigenvalue weighted by molar-refractivity contribution is 5.92. The summed E-state index contributed by atoms with van der Waals surface area (Å²) in [6.07, 6.45) is 4.73. The highest BCUT2D eigenvalue weighted by atomic mass is 19.1. The van der Waals surface area contributed by atoms with E-state index >= 15 is 0 Å². The van der Waals surface area contributed by atoms with Crippen molar-refractivity contribution in [3.05, 3.63) is 30.1 Å². The van der Waals surface area contributed by atoms with E-state index in [0.717, 1.165) is 32.6 Å². The normalized spacial score (nSPS) is 24.7. The molecule has 3 atom stereocenters. The molecule has 2 fully saturated rings. The number of benzene rings is 1. The second-order valence-electron chi connectivity index (χ2n) is 8.42. The number of nitrogens with zero attached hydrogens (tertiary/aromatic N) is 2. The Morgan fingerprint density at radius 2 is 1.76 bits per heavy atom. The van der Waals surface area contributed by atoms with Gasteiger partial charge in [0.25, 0.3) is 0 Å². The summed E-state index contributed by atoms with van der Waals surface area (Å²) in [7, 11) is 0. The monoisotopic (exact) mass is 404 g/mol. The predicted molar refractivity (Wildman–Crippen MR) is 112 cm³/mol. The quantitative estimate of drug-likeness (QED) is 0.765. The van der Waals surface area contributed by atoms with Crippen molar-refractivity contribution in [1.29, 1.82) is 0 Å². The number of nitrogens with one attached hydrogen (secondary N) is 2. The molecule has 2 N–H and O–H groups in total. The van der Waals surface area contributed by atoms with E-state index in [4.69, 9.17) is 0 Å². The van der Waals surface area contributed by atoms with E-state index in [0.29, 0.717) is 24.2 Å². The first-order valence-corrected chi connectivity index (χ1v) is 10.7. The molecule has 0 spiro atoms. The van der Waals surface area contributed by atoms with E-state index in [1.54, 1.807) is 12.1 Å². The molecule has 6 nitrogen and oxygen atoms in total. The predicted octanol–water partition coefficient (Wildman–Crippen LogP) is 2.47. The fraction of sp³-hybridized carbons (Fsp3) is 0.636. The third-order valence-corrected chi connectivity index (χ3v) is 6.27. The lowest BCUT2D eigenvalue weighted by Gasteiger charge is -2.38. The van der Waals surface area contributed by atoms with Gasteiger partial charge in [-0.2, -0.15) is 0 Å². The van der Waals surface area contributed by atoms with Gasteiger partial charge in [-0.15, -0.1) is 0 Å². The van der Waals surface area contributed by atoms with E-state index in [2.05, 4.69) is 27.4 Å². The van der Waals surface area contributed by atoms with Crippen molar-refractivity contribution in [2.75, 3.05) is 38.0 Å². The maximum Gasteiger partial charge on any atom is 0.238 e. The summed E-state index contributed by atoms with van der Waals surface area (Å²) in [5, 5.41) is 6.05. The highest BCUT2D eigenvalue weighted by Crippen LogP contribution is 2.24. The molecule has 0 aromatic heterocycles. The Hall–Kier alpha value is -1.99. The van der Waals surface area contributed by atoms with Crippen LogP contribution in [0.1, 0.15) is 39.5 Å². The Labute approximate surface area is 172 Å². The Balaban J connectivity index is 1.40. The van der Waals surface area contributed by atoms with Crippen LogP contribution in [0.3, 0.4) is 0 Å². The largest absolute Gasteiger partial charge is 0.352 e. The molecule has 2 amide bonds. The smallest absolute Gasteiger partial charge is 0.238 e. The summed E-state index contributed by atoms with van der Waals surface area (Å²) in [5.74, 6) is 0.236. The van der Waals surface area contributed by atoms with Crippen molar-refractivity contribution < 1.29 is 14.0 Å². The lowest BCUT2D eigenvalue weighted by atomic mass is 9.86. The minimum Gasteiger partial charge on any atom is -0.352 e. The van der Waals surface area contributed by atoms with Crippen LogP contribution in [0.5, 0.6) is 0 Å². The molecule has 0 radical (unpaired) electrons. The van der Waals surface area contributed by atoms with Crippen molar-refractivity contribution >= 4 is 17.5 Å². The second kappa shape index (κ2) is 10.2. The first kappa shape index (κ1) is 21.7. The summed E-state index contributed by atoms with van der Waals surface area (Å²) < 4.78 is 13.0. The molecule has 7 heteroatoms. The average molecular weight is 405 g/mol. The van der Waals surface area contributed by atoms with Gasteiger partial charge in [-0.1, -0.05) is 19.8 Å². The summed E-state index contributed by atoms with van der Waals surface area (Å²) in [4.78, 5) is 29.2. The van der Waals surface area contributed by atoms with E-state index in [-0.39, 0.29) is 23.7 Å². The van der Waals surface area contributed by atoms with Crippen molar-refractivity contribution in [3.63, 3.8) is 0 Å². The molecule has 1 aliphatic carbocycles. The third kappa shape index (κ3) is 6.24. The molecule has 0 bridgehead atoms. The van der Waals surface area contributed by atoms with Gasteiger partial charge in [-0.3, -0.25) is 19.4 Å². The van der Waals surface area contributed by atoms with Gasteiger partial charge in [0.15, 0.2) is 0 Å². The Kier molecular flexibility index (Phi) is 7.61. The van der Waals surface area contributed by atoms with Crippen LogP contribution in [0.4, 0.5) is 10.1 Å². The van der Waals surface area contributed by atoms with Gasteiger partial charge in [0.1, 0.15) is 5.82 Å². The van der Waals surface area contributed by atoms with E-state index in [9.17, 15) is 14.0 Å². The first-order valence-electron chi connectivity index (χ1n) is 10.7. The topological polar surface area (TPSA) is 64.7 Å². The molecule has 1 aromatic rings. The van der Waals surface area contributed by atoms with Gasteiger partial charge in [0.2, 0.25) is 11.8 Å². The number of hydrogen-bond donors (Lipinski definition) is 2. The van der Waals surface area contributed by atoms with Gasteiger partial charge in [0.05, 0.1) is 12.6 Å². The van der Waals surface area contributed by atoms with Crippen LogP contribution in [0, 0.1) is 11.7 Å². The molecule has 160 valence electrons. The van der Waals surface area contributed by atoms with Gasteiger partial charge in [-0.25, -0.2) is 4.39 Å². The van der Waals surface area contributed by atoms with Crippen molar-refractivity contribution in [2.24, 2.45) is 5.92 Å². The van der Waals surface area contributed by atoms with Gasteiger partial charge in [-0.05, 0) is 49.9 Å². The number of carbonyl (C=O) groups is 2. The Bertz CT molecular complexity index is 689. The second-order valence-corrected chi connectivity index (χ2v) is 8.42. The average Bonchev–Trinajstić information content (AvgIpc) is 2.71. The number of piperazine rings is 1. The lowest BCUT2D eigenvalue weighted by molar-refractivity contribution is -0.128. The van der Waals surface area contributed by atoms with Crippen LogP contribution >= 0.6 is 0 Å². The highest BCUT2D eigenvalue weighted by Gasteiger charge is 2.29. The fourth-order valence-electron chi connectivity index (χ4n) is 4.25. The zero-order valence-electron chi connectivity index (χ0n) is 17.5. The number of carbonyl (C=O) groups excluding carboxylic acids is 2. The van der Waals surface area contributed by atoms with E-state index < -0.39 is 0 Å². The van der Waals surface area contributed by atoms with Crippen molar-refractivity contribution in [3.8, 4) is 0 Å². The first-order chi connectivity index (χ1) is 13.9. The Morgan fingerprint density at radius 3 is 2.41 bits per heavy atom. The molecule has 1 saturated heterocycles. The summed E-state index contributed by atoms with van der Waals surface area (Å²) in [6.45, 7) is 7.51. The number of anilines is 1. The molecule has 1 heterocycles. The van der Waals surface area contributed by atoms with Crippen LogP contribution in [0.15, 0.2) is 24.3 Å².